The van der Waals surface area contributed by atoms with Gasteiger partial charge in [0.25, 0.3) is 0 Å². The smallest absolute Gasteiger partial charge is 0.220 e. The third-order valence-electron chi connectivity index (χ3n) is 6.16. The summed E-state index contributed by atoms with van der Waals surface area (Å²) in [4.78, 5) is 33.6. The van der Waals surface area contributed by atoms with Gasteiger partial charge in [-0.2, -0.15) is 0 Å². The van der Waals surface area contributed by atoms with E-state index in [9.17, 15) is 14.4 Å². The highest BCUT2D eigenvalue weighted by molar-refractivity contribution is 5.76. The van der Waals surface area contributed by atoms with E-state index in [0.717, 1.165) is 64.2 Å². The van der Waals surface area contributed by atoms with Crippen molar-refractivity contribution >= 4 is 18.1 Å². The van der Waals surface area contributed by atoms with Crippen molar-refractivity contribution in [1.82, 2.24) is 10.6 Å². The number of nitrogens with one attached hydrogen (secondary N) is 2. The van der Waals surface area contributed by atoms with Gasteiger partial charge >= 0.3 is 0 Å². The predicted octanol–water partition coefficient (Wildman–Crippen LogP) is 4.80. The van der Waals surface area contributed by atoms with E-state index < -0.39 is 0 Å². The summed E-state index contributed by atoms with van der Waals surface area (Å²) in [5.74, 6) is 0.130. The van der Waals surface area contributed by atoms with E-state index in [2.05, 4.69) is 36.6 Å². The Hall–Kier alpha value is -2.03. The van der Waals surface area contributed by atoms with Crippen molar-refractivity contribution in [3.63, 3.8) is 0 Å². The minimum atomic E-state index is 0.0102. The number of aldehydes is 1. The molecule has 8 heteroatoms. The van der Waals surface area contributed by atoms with Gasteiger partial charge in [0.1, 0.15) is 12.9 Å². The van der Waals surface area contributed by atoms with E-state index in [0.29, 0.717) is 52.0 Å². The first-order valence-electron chi connectivity index (χ1n) is 14.5. The molecule has 0 rings (SSSR count). The third kappa shape index (κ3) is 27.0. The molecule has 0 aromatic heterocycles. The molecule has 0 aromatic rings. The Bertz CT molecular complexity index is 663. The summed E-state index contributed by atoms with van der Waals surface area (Å²) >= 11 is 0. The molecule has 0 aliphatic rings. The van der Waals surface area contributed by atoms with Crippen LogP contribution in [-0.4, -0.2) is 69.3 Å². The van der Waals surface area contributed by atoms with Crippen molar-refractivity contribution in [2.45, 2.75) is 104 Å². The Kier molecular flexibility index (Phi) is 26.5. The van der Waals surface area contributed by atoms with Gasteiger partial charge in [0.05, 0.1) is 26.4 Å². The highest BCUT2D eigenvalue weighted by atomic mass is 16.5. The molecule has 0 aliphatic carbocycles. The highest BCUT2D eigenvalue weighted by Gasteiger charge is 2.02. The van der Waals surface area contributed by atoms with Crippen LogP contribution in [0.3, 0.4) is 0 Å². The maximum atomic E-state index is 11.7. The van der Waals surface area contributed by atoms with Gasteiger partial charge in [0.15, 0.2) is 0 Å². The summed E-state index contributed by atoms with van der Waals surface area (Å²) in [7, 11) is 0. The molecule has 220 valence electrons. The molecule has 0 saturated heterocycles. The molecule has 8 nitrogen and oxygen atoms in total. The van der Waals surface area contributed by atoms with Crippen molar-refractivity contribution in [3.8, 4) is 0 Å². The molecule has 2 amide bonds. The molecule has 0 unspecified atom stereocenters. The second kappa shape index (κ2) is 28.0. The van der Waals surface area contributed by atoms with E-state index in [1.54, 1.807) is 0 Å². The summed E-state index contributed by atoms with van der Waals surface area (Å²) in [5.41, 5.74) is 2.90. The van der Waals surface area contributed by atoms with E-state index in [1.807, 2.05) is 0 Å². The number of allylic oxidation sites excluding steroid dienone is 4. The van der Waals surface area contributed by atoms with Crippen LogP contribution < -0.4 is 10.6 Å². The average Bonchev–Trinajstić information content (AvgIpc) is 2.90. The van der Waals surface area contributed by atoms with Crippen molar-refractivity contribution in [3.05, 3.63) is 23.3 Å². The molecule has 0 aliphatic heterocycles. The van der Waals surface area contributed by atoms with Gasteiger partial charge in [-0.25, -0.2) is 0 Å². The lowest BCUT2D eigenvalue weighted by Crippen LogP contribution is -2.27. The Balaban J connectivity index is 3.60. The number of carbonyl (C=O) groups excluding carboxylic acids is 3. The van der Waals surface area contributed by atoms with Crippen molar-refractivity contribution < 1.29 is 29.0 Å². The van der Waals surface area contributed by atoms with Crippen LogP contribution in [0.4, 0.5) is 0 Å². The number of rotatable bonds is 27. The number of hydrogen-bond donors (Lipinski definition) is 3. The van der Waals surface area contributed by atoms with Crippen LogP contribution in [0.25, 0.3) is 0 Å². The fourth-order valence-corrected chi connectivity index (χ4v) is 3.95. The SMILES string of the molecule is C/C(=C\CC/C=C(\C)CCCCCCC(=O)NCCOCCO)CCCCCCC(=O)NCCOCC=O. The van der Waals surface area contributed by atoms with E-state index >= 15 is 0 Å². The summed E-state index contributed by atoms with van der Waals surface area (Å²) in [6, 6.07) is 0. The van der Waals surface area contributed by atoms with Gasteiger partial charge in [-0.1, -0.05) is 49.0 Å². The van der Waals surface area contributed by atoms with Gasteiger partial charge in [0.2, 0.25) is 11.8 Å². The van der Waals surface area contributed by atoms with E-state index in [-0.39, 0.29) is 25.0 Å². The molecular formula is C30H54N2O6. The van der Waals surface area contributed by atoms with Gasteiger partial charge in [-0.15, -0.1) is 0 Å². The quantitative estimate of drug-likeness (QED) is 0.0787. The first-order valence-corrected chi connectivity index (χ1v) is 14.5. The molecule has 0 saturated carbocycles. The number of aliphatic hydroxyl groups is 1. The molecule has 0 bridgehead atoms. The zero-order chi connectivity index (χ0) is 28.1. The zero-order valence-corrected chi connectivity index (χ0v) is 24.1. The molecule has 3 N–H and O–H groups in total. The van der Waals surface area contributed by atoms with Crippen molar-refractivity contribution in [2.75, 3.05) is 46.1 Å². The summed E-state index contributed by atoms with van der Waals surface area (Å²) in [5, 5.41) is 14.3. The van der Waals surface area contributed by atoms with Crippen LogP contribution in [0.1, 0.15) is 104 Å². The summed E-state index contributed by atoms with van der Waals surface area (Å²) in [6.45, 7) is 6.61. The van der Waals surface area contributed by atoms with Gasteiger partial charge < -0.3 is 30.0 Å². The Morgan fingerprint density at radius 3 is 1.55 bits per heavy atom. The highest BCUT2D eigenvalue weighted by Crippen LogP contribution is 2.14. The first-order chi connectivity index (χ1) is 18.5. The van der Waals surface area contributed by atoms with Gasteiger partial charge in [0, 0.05) is 25.9 Å². The van der Waals surface area contributed by atoms with Crippen LogP contribution >= 0.6 is 0 Å². The van der Waals surface area contributed by atoms with Crippen LogP contribution in [0.15, 0.2) is 23.3 Å². The number of unbranched alkanes of at least 4 members (excludes halogenated alkanes) is 7. The third-order valence-corrected chi connectivity index (χ3v) is 6.16. The van der Waals surface area contributed by atoms with Crippen molar-refractivity contribution in [1.29, 1.82) is 0 Å². The van der Waals surface area contributed by atoms with E-state index in [1.165, 1.54) is 24.0 Å². The molecule has 38 heavy (non-hydrogen) atoms. The fourth-order valence-electron chi connectivity index (χ4n) is 3.95. The lowest BCUT2D eigenvalue weighted by molar-refractivity contribution is -0.122. The monoisotopic (exact) mass is 538 g/mol. The Morgan fingerprint density at radius 1 is 0.658 bits per heavy atom. The lowest BCUT2D eigenvalue weighted by Gasteiger charge is -2.06. The normalized spacial score (nSPS) is 12.0. The van der Waals surface area contributed by atoms with Crippen LogP contribution in [0, 0.1) is 0 Å². The standard InChI is InChI=1S/C30H54N2O6/c1-27(13-7-3-5-9-17-29(35)31-19-23-37-25-21-33)15-11-12-16-28(2)14-8-4-6-10-18-30(36)32-20-24-38-26-22-34/h15-16,21,34H,3-14,17-20,22-26H2,1-2H3,(H,31,35)(H,32,36)/b27-15+,28-16+. The summed E-state index contributed by atoms with van der Waals surface area (Å²) < 4.78 is 10.1. The van der Waals surface area contributed by atoms with E-state index in [4.69, 9.17) is 14.6 Å². The molecule has 0 atom stereocenters. The van der Waals surface area contributed by atoms with Crippen LogP contribution in [-0.2, 0) is 23.9 Å². The maximum absolute atomic E-state index is 11.7. The van der Waals surface area contributed by atoms with Gasteiger partial charge in [-0.3, -0.25) is 9.59 Å². The second-order valence-corrected chi connectivity index (χ2v) is 9.78. The number of carbonyl (C=O) groups is 3. The number of hydrogen-bond acceptors (Lipinski definition) is 6. The molecular weight excluding hydrogens is 484 g/mol. The molecule has 0 heterocycles. The van der Waals surface area contributed by atoms with Gasteiger partial charge in [-0.05, 0) is 65.2 Å². The fraction of sp³-hybridized carbons (Fsp3) is 0.767. The van der Waals surface area contributed by atoms with Crippen molar-refractivity contribution in [2.24, 2.45) is 0 Å². The first kappa shape index (κ1) is 36.0. The second-order valence-electron chi connectivity index (χ2n) is 9.78. The zero-order valence-electron chi connectivity index (χ0n) is 24.1. The topological polar surface area (TPSA) is 114 Å². The average molecular weight is 539 g/mol. The molecule has 0 radical (unpaired) electrons. The molecule has 0 spiro atoms. The maximum Gasteiger partial charge on any atom is 0.220 e. The number of ether oxygens (including phenoxy) is 2. The number of amides is 2. The predicted molar refractivity (Wildman–Crippen MR) is 153 cm³/mol. The Labute approximate surface area is 231 Å². The van der Waals surface area contributed by atoms with Crippen LogP contribution in [0.2, 0.25) is 0 Å². The largest absolute Gasteiger partial charge is 0.394 e. The number of aliphatic hydroxyl groups excluding tert-OH is 1. The minimum Gasteiger partial charge on any atom is -0.394 e. The van der Waals surface area contributed by atoms with Crippen LogP contribution in [0.5, 0.6) is 0 Å². The Morgan fingerprint density at radius 2 is 1.11 bits per heavy atom. The molecule has 0 fully saturated rings. The summed E-state index contributed by atoms with van der Waals surface area (Å²) in [6.07, 6.45) is 19.6. The molecule has 0 aromatic carbocycles. The lowest BCUT2D eigenvalue weighted by atomic mass is 10.0. The minimum absolute atomic E-state index is 0.0102.